The molecule has 3 aromatic rings. The third-order valence-corrected chi connectivity index (χ3v) is 5.46. The largest absolute Gasteiger partial charge is 0.335 e. The van der Waals surface area contributed by atoms with Crippen LogP contribution in [0, 0.1) is 12.7 Å². The molecule has 9 heteroatoms. The maximum absolute atomic E-state index is 13.0. The molecule has 2 amide bonds. The number of aromatic nitrogens is 3. The van der Waals surface area contributed by atoms with Gasteiger partial charge in [-0.25, -0.2) is 9.37 Å². The molecular weight excluding hydrogens is 429 g/mol. The van der Waals surface area contributed by atoms with Crippen molar-refractivity contribution < 1.29 is 14.0 Å². The minimum atomic E-state index is -0.475. The van der Waals surface area contributed by atoms with Crippen LogP contribution >= 0.6 is 11.8 Å². The van der Waals surface area contributed by atoms with Crippen LogP contribution in [-0.2, 0) is 9.59 Å². The van der Waals surface area contributed by atoms with Crippen molar-refractivity contribution in [2.75, 3.05) is 18.9 Å². The SMILES string of the molecule is Cc1ccc(NC(=O)CN(C)C(=O)C(C)Sc2n[nH]c(/C=C/c3ccc(F)cc3)n2)cc1. The van der Waals surface area contributed by atoms with Crippen molar-refractivity contribution >= 4 is 41.4 Å². The molecule has 1 atom stereocenters. The Morgan fingerprint density at radius 3 is 2.53 bits per heavy atom. The average molecular weight is 454 g/mol. The summed E-state index contributed by atoms with van der Waals surface area (Å²) in [5, 5.41) is 9.63. The number of anilines is 1. The molecule has 2 aromatic carbocycles. The lowest BCUT2D eigenvalue weighted by Gasteiger charge is -2.20. The number of aromatic amines is 1. The van der Waals surface area contributed by atoms with E-state index in [4.69, 9.17) is 0 Å². The van der Waals surface area contributed by atoms with Crippen LogP contribution in [0.1, 0.15) is 23.9 Å². The summed E-state index contributed by atoms with van der Waals surface area (Å²) in [6.45, 7) is 3.65. The number of aryl methyl sites for hydroxylation is 1. The zero-order valence-electron chi connectivity index (χ0n) is 18.0. The first-order valence-corrected chi connectivity index (χ1v) is 10.8. The van der Waals surface area contributed by atoms with Crippen LogP contribution in [0.3, 0.4) is 0 Å². The number of carbonyl (C=O) groups excluding carboxylic acids is 2. The van der Waals surface area contributed by atoms with Crippen molar-refractivity contribution in [3.63, 3.8) is 0 Å². The second-order valence-corrected chi connectivity index (χ2v) is 8.56. The van der Waals surface area contributed by atoms with Gasteiger partial charge < -0.3 is 10.2 Å². The van der Waals surface area contributed by atoms with E-state index in [2.05, 4.69) is 20.5 Å². The van der Waals surface area contributed by atoms with Crippen molar-refractivity contribution in [3.05, 3.63) is 71.3 Å². The van der Waals surface area contributed by atoms with Crippen molar-refractivity contribution in [1.29, 1.82) is 0 Å². The molecule has 32 heavy (non-hydrogen) atoms. The number of halogens is 1. The Bertz CT molecular complexity index is 1100. The zero-order chi connectivity index (χ0) is 23.1. The Kier molecular flexibility index (Phi) is 7.77. The summed E-state index contributed by atoms with van der Waals surface area (Å²) in [5.74, 6) is -0.255. The predicted molar refractivity (Wildman–Crippen MR) is 124 cm³/mol. The Morgan fingerprint density at radius 1 is 1.16 bits per heavy atom. The molecule has 0 bridgehead atoms. The second-order valence-electron chi connectivity index (χ2n) is 7.26. The fourth-order valence-electron chi connectivity index (χ4n) is 2.78. The molecule has 0 fully saturated rings. The van der Waals surface area contributed by atoms with Crippen LogP contribution in [-0.4, -0.2) is 50.7 Å². The first-order valence-electron chi connectivity index (χ1n) is 9.94. The van der Waals surface area contributed by atoms with E-state index in [1.807, 2.05) is 31.2 Å². The number of benzene rings is 2. The molecule has 1 aromatic heterocycles. The van der Waals surface area contributed by atoms with Crippen LogP contribution in [0.5, 0.6) is 0 Å². The summed E-state index contributed by atoms with van der Waals surface area (Å²) in [6.07, 6.45) is 3.50. The monoisotopic (exact) mass is 453 g/mol. The first-order chi connectivity index (χ1) is 15.3. The summed E-state index contributed by atoms with van der Waals surface area (Å²) in [5.41, 5.74) is 2.61. The standard InChI is InChI=1S/C23H24FN5O2S/c1-15-4-11-19(12-5-15)25-21(30)14-29(3)22(31)16(2)32-23-26-20(27-28-23)13-8-17-6-9-18(24)10-7-17/h4-13,16H,14H2,1-3H3,(H,25,30)(H,26,27,28)/b13-8+. The number of likely N-dealkylation sites (N-methyl/N-ethyl adjacent to an activating group) is 1. The lowest BCUT2D eigenvalue weighted by Crippen LogP contribution is -2.38. The Morgan fingerprint density at radius 2 is 1.84 bits per heavy atom. The third-order valence-electron chi connectivity index (χ3n) is 4.51. The molecule has 2 N–H and O–H groups in total. The minimum absolute atomic E-state index is 0.0583. The van der Waals surface area contributed by atoms with E-state index < -0.39 is 5.25 Å². The molecule has 3 rings (SSSR count). The van der Waals surface area contributed by atoms with Crippen LogP contribution in [0.2, 0.25) is 0 Å². The van der Waals surface area contributed by atoms with E-state index >= 15 is 0 Å². The number of nitrogens with one attached hydrogen (secondary N) is 2. The van der Waals surface area contributed by atoms with Crippen molar-refractivity contribution in [2.45, 2.75) is 24.3 Å². The van der Waals surface area contributed by atoms with E-state index in [1.54, 1.807) is 38.3 Å². The van der Waals surface area contributed by atoms with Gasteiger partial charge in [-0.3, -0.25) is 14.7 Å². The smallest absolute Gasteiger partial charge is 0.243 e. The van der Waals surface area contributed by atoms with E-state index in [1.165, 1.54) is 28.8 Å². The molecule has 1 heterocycles. The Labute approximate surface area is 190 Å². The van der Waals surface area contributed by atoms with E-state index in [-0.39, 0.29) is 24.2 Å². The van der Waals surface area contributed by atoms with E-state index in [0.717, 1.165) is 11.1 Å². The highest BCUT2D eigenvalue weighted by Gasteiger charge is 2.22. The predicted octanol–water partition coefficient (Wildman–Crippen LogP) is 4.00. The third kappa shape index (κ3) is 6.78. The number of hydrogen-bond donors (Lipinski definition) is 2. The first kappa shape index (κ1) is 23.2. The van der Waals surface area contributed by atoms with Gasteiger partial charge in [0, 0.05) is 12.7 Å². The van der Waals surface area contributed by atoms with Gasteiger partial charge in [-0.1, -0.05) is 47.7 Å². The molecule has 7 nitrogen and oxygen atoms in total. The number of hydrogen-bond acceptors (Lipinski definition) is 5. The highest BCUT2D eigenvalue weighted by atomic mass is 32.2. The van der Waals surface area contributed by atoms with Gasteiger partial charge in [0.05, 0.1) is 11.8 Å². The minimum Gasteiger partial charge on any atom is -0.335 e. The molecule has 0 saturated carbocycles. The van der Waals surface area contributed by atoms with Crippen LogP contribution < -0.4 is 5.32 Å². The average Bonchev–Trinajstić information content (AvgIpc) is 3.21. The summed E-state index contributed by atoms with van der Waals surface area (Å²) in [4.78, 5) is 30.6. The maximum atomic E-state index is 13.0. The summed E-state index contributed by atoms with van der Waals surface area (Å²) >= 11 is 1.20. The van der Waals surface area contributed by atoms with Crippen molar-refractivity contribution in [2.24, 2.45) is 0 Å². The van der Waals surface area contributed by atoms with Gasteiger partial charge in [0.15, 0.2) is 0 Å². The van der Waals surface area contributed by atoms with Gasteiger partial charge in [0.25, 0.3) is 0 Å². The molecule has 1 unspecified atom stereocenters. The maximum Gasteiger partial charge on any atom is 0.243 e. The van der Waals surface area contributed by atoms with Gasteiger partial charge >= 0.3 is 0 Å². The summed E-state index contributed by atoms with van der Waals surface area (Å²) in [7, 11) is 1.59. The molecular formula is C23H24FN5O2S. The molecule has 0 saturated heterocycles. The molecule has 0 aliphatic carbocycles. The quantitative estimate of drug-likeness (QED) is 0.503. The highest BCUT2D eigenvalue weighted by Crippen LogP contribution is 2.21. The second kappa shape index (κ2) is 10.7. The molecule has 0 spiro atoms. The summed E-state index contributed by atoms with van der Waals surface area (Å²) < 4.78 is 13.0. The van der Waals surface area contributed by atoms with Crippen LogP contribution in [0.4, 0.5) is 10.1 Å². The van der Waals surface area contributed by atoms with Gasteiger partial charge in [0.2, 0.25) is 17.0 Å². The fraction of sp³-hybridized carbons (Fsp3) is 0.217. The number of carbonyl (C=O) groups is 2. The van der Waals surface area contributed by atoms with Gasteiger partial charge in [-0.2, -0.15) is 0 Å². The highest BCUT2D eigenvalue weighted by molar-refractivity contribution is 8.00. The topological polar surface area (TPSA) is 91.0 Å². The number of H-pyrrole nitrogens is 1. The zero-order valence-corrected chi connectivity index (χ0v) is 18.8. The lowest BCUT2D eigenvalue weighted by molar-refractivity contribution is -0.132. The van der Waals surface area contributed by atoms with Crippen molar-refractivity contribution in [3.8, 4) is 0 Å². The normalized spacial score (nSPS) is 12.0. The molecule has 166 valence electrons. The fourth-order valence-corrected chi connectivity index (χ4v) is 3.63. The number of thioether (sulfide) groups is 1. The number of amides is 2. The van der Waals surface area contributed by atoms with Gasteiger partial charge in [-0.05, 0) is 49.8 Å². The molecule has 0 aliphatic rings. The Balaban J connectivity index is 1.50. The van der Waals surface area contributed by atoms with Gasteiger partial charge in [0.1, 0.15) is 11.6 Å². The van der Waals surface area contributed by atoms with E-state index in [0.29, 0.717) is 16.7 Å². The van der Waals surface area contributed by atoms with E-state index in [9.17, 15) is 14.0 Å². The van der Waals surface area contributed by atoms with Crippen LogP contribution in [0.25, 0.3) is 12.2 Å². The van der Waals surface area contributed by atoms with Crippen molar-refractivity contribution in [1.82, 2.24) is 20.1 Å². The molecule has 0 aliphatic heterocycles. The van der Waals surface area contributed by atoms with Gasteiger partial charge in [-0.15, -0.1) is 5.10 Å². The molecule has 0 radical (unpaired) electrons. The number of nitrogens with zero attached hydrogens (tertiary/aromatic N) is 3. The number of rotatable bonds is 8. The van der Waals surface area contributed by atoms with Crippen LogP contribution in [0.15, 0.2) is 53.7 Å². The lowest BCUT2D eigenvalue weighted by atomic mass is 10.2. The summed E-state index contributed by atoms with van der Waals surface area (Å²) in [6, 6.07) is 13.5. The Hall–Kier alpha value is -3.46.